The van der Waals surface area contributed by atoms with Crippen LogP contribution in [-0.4, -0.2) is 28.8 Å². The van der Waals surface area contributed by atoms with Gasteiger partial charge in [0.2, 0.25) is 0 Å². The maximum Gasteiger partial charge on any atom is 0.408 e. The molecule has 1 aliphatic rings. The van der Waals surface area contributed by atoms with Gasteiger partial charge in [-0.05, 0) is 33.1 Å². The fraction of sp³-hybridized carbons (Fsp3) is 0.692. The van der Waals surface area contributed by atoms with Crippen LogP contribution in [0.15, 0.2) is 12.2 Å². The van der Waals surface area contributed by atoms with Gasteiger partial charge in [-0.3, -0.25) is 4.79 Å². The number of nitrogens with one attached hydrogen (secondary N) is 1. The van der Waals surface area contributed by atoms with Gasteiger partial charge in [-0.1, -0.05) is 19.1 Å². The molecule has 0 fully saturated rings. The zero-order valence-electron chi connectivity index (χ0n) is 11.3. The number of alkyl carbamates (subject to hydrolysis) is 1. The lowest BCUT2D eigenvalue weighted by Crippen LogP contribution is -2.42. The van der Waals surface area contributed by atoms with E-state index < -0.39 is 23.6 Å². The molecule has 1 rings (SSSR count). The lowest BCUT2D eigenvalue weighted by Gasteiger charge is -2.28. The number of hydrogen-bond acceptors (Lipinski definition) is 3. The molecule has 0 bridgehead atoms. The maximum absolute atomic E-state index is 11.6. The van der Waals surface area contributed by atoms with Crippen molar-refractivity contribution in [3.63, 3.8) is 0 Å². The number of allylic oxidation sites excluding steroid dienone is 1. The molecule has 0 saturated heterocycles. The summed E-state index contributed by atoms with van der Waals surface area (Å²) in [6.45, 7) is 7.21. The molecule has 1 amide bonds. The Balaban J connectivity index is 2.56. The molecule has 0 saturated carbocycles. The number of hydrogen-bond donors (Lipinski definition) is 2. The number of carbonyl (C=O) groups is 2. The molecule has 0 radical (unpaired) electrons. The molecule has 0 unspecified atom stereocenters. The van der Waals surface area contributed by atoms with Crippen LogP contribution in [0.5, 0.6) is 0 Å². The third kappa shape index (κ3) is 4.39. The van der Waals surface area contributed by atoms with Gasteiger partial charge in [0, 0.05) is 0 Å². The first-order valence-corrected chi connectivity index (χ1v) is 6.09. The van der Waals surface area contributed by atoms with E-state index in [1.807, 2.05) is 19.1 Å². The van der Waals surface area contributed by atoms with E-state index in [1.165, 1.54) is 0 Å². The molecular weight excluding hydrogens is 234 g/mol. The number of carboxylic acid groups (broad SMARTS) is 1. The molecule has 0 aromatic carbocycles. The van der Waals surface area contributed by atoms with E-state index in [-0.39, 0.29) is 12.0 Å². The summed E-state index contributed by atoms with van der Waals surface area (Å²) in [5.41, 5.74) is -0.554. The summed E-state index contributed by atoms with van der Waals surface area (Å²) in [4.78, 5) is 22.6. The summed E-state index contributed by atoms with van der Waals surface area (Å²) in [6, 6.07) is -0.280. The van der Waals surface area contributed by atoms with Crippen molar-refractivity contribution in [1.29, 1.82) is 0 Å². The highest BCUT2D eigenvalue weighted by molar-refractivity contribution is 5.72. The van der Waals surface area contributed by atoms with Gasteiger partial charge in [-0.2, -0.15) is 0 Å². The molecule has 2 N–H and O–H groups in total. The second-order valence-electron chi connectivity index (χ2n) is 5.68. The first-order chi connectivity index (χ1) is 8.19. The van der Waals surface area contributed by atoms with E-state index in [0.29, 0.717) is 6.42 Å². The Morgan fingerprint density at radius 2 is 1.94 bits per heavy atom. The van der Waals surface area contributed by atoms with E-state index in [4.69, 9.17) is 9.84 Å². The SMILES string of the molecule is C[C@@H]1C=C[C@@H](NC(=O)OC(C)(C)C)C[C@H]1C(=O)O. The van der Waals surface area contributed by atoms with Crippen molar-refractivity contribution in [3.05, 3.63) is 12.2 Å². The molecule has 3 atom stereocenters. The molecule has 5 nitrogen and oxygen atoms in total. The van der Waals surface area contributed by atoms with Crippen LogP contribution in [-0.2, 0) is 9.53 Å². The fourth-order valence-electron chi connectivity index (χ4n) is 1.90. The van der Waals surface area contributed by atoms with Crippen LogP contribution in [0.2, 0.25) is 0 Å². The van der Waals surface area contributed by atoms with Crippen molar-refractivity contribution >= 4 is 12.1 Å². The number of carboxylic acids is 1. The van der Waals surface area contributed by atoms with Gasteiger partial charge in [0.25, 0.3) is 0 Å². The Morgan fingerprint density at radius 1 is 1.33 bits per heavy atom. The van der Waals surface area contributed by atoms with Crippen LogP contribution in [0.4, 0.5) is 4.79 Å². The Morgan fingerprint density at radius 3 is 2.44 bits per heavy atom. The first kappa shape index (κ1) is 14.5. The van der Waals surface area contributed by atoms with E-state index >= 15 is 0 Å². The molecule has 102 valence electrons. The van der Waals surface area contributed by atoms with Crippen molar-refractivity contribution in [2.24, 2.45) is 11.8 Å². The second kappa shape index (κ2) is 5.42. The average molecular weight is 255 g/mol. The highest BCUT2D eigenvalue weighted by atomic mass is 16.6. The normalized spacial score (nSPS) is 27.7. The monoisotopic (exact) mass is 255 g/mol. The third-order valence-electron chi connectivity index (χ3n) is 2.81. The van der Waals surface area contributed by atoms with Crippen molar-refractivity contribution < 1.29 is 19.4 Å². The van der Waals surface area contributed by atoms with E-state index in [0.717, 1.165) is 0 Å². The highest BCUT2D eigenvalue weighted by Gasteiger charge is 2.30. The zero-order chi connectivity index (χ0) is 13.9. The predicted octanol–water partition coefficient (Wildman–Crippen LogP) is 2.18. The molecule has 5 heteroatoms. The largest absolute Gasteiger partial charge is 0.481 e. The lowest BCUT2D eigenvalue weighted by molar-refractivity contribution is -0.143. The highest BCUT2D eigenvalue weighted by Crippen LogP contribution is 2.25. The van der Waals surface area contributed by atoms with Gasteiger partial charge in [-0.15, -0.1) is 0 Å². The first-order valence-electron chi connectivity index (χ1n) is 6.09. The van der Waals surface area contributed by atoms with Crippen molar-refractivity contribution in [2.45, 2.75) is 45.8 Å². The van der Waals surface area contributed by atoms with Crippen LogP contribution >= 0.6 is 0 Å². The summed E-state index contributed by atoms with van der Waals surface area (Å²) >= 11 is 0. The minimum Gasteiger partial charge on any atom is -0.481 e. The summed E-state index contributed by atoms with van der Waals surface area (Å²) in [6.07, 6.45) is 3.53. The van der Waals surface area contributed by atoms with Crippen LogP contribution in [0, 0.1) is 11.8 Å². The third-order valence-corrected chi connectivity index (χ3v) is 2.81. The van der Waals surface area contributed by atoms with Crippen LogP contribution in [0.3, 0.4) is 0 Å². The van der Waals surface area contributed by atoms with E-state index in [1.54, 1.807) is 20.8 Å². The molecule has 0 heterocycles. The van der Waals surface area contributed by atoms with Crippen LogP contribution in [0.25, 0.3) is 0 Å². The minimum atomic E-state index is -0.831. The molecule has 0 aromatic rings. The van der Waals surface area contributed by atoms with Gasteiger partial charge in [0.05, 0.1) is 12.0 Å². The van der Waals surface area contributed by atoms with Gasteiger partial charge in [0.1, 0.15) is 5.60 Å². The number of aliphatic carboxylic acids is 1. The minimum absolute atomic E-state index is 0.0146. The smallest absolute Gasteiger partial charge is 0.408 e. The molecule has 0 aromatic heterocycles. The lowest BCUT2D eigenvalue weighted by atomic mass is 9.83. The Kier molecular flexibility index (Phi) is 4.38. The zero-order valence-corrected chi connectivity index (χ0v) is 11.3. The maximum atomic E-state index is 11.6. The second-order valence-corrected chi connectivity index (χ2v) is 5.68. The van der Waals surface area contributed by atoms with Gasteiger partial charge in [-0.25, -0.2) is 4.79 Å². The van der Waals surface area contributed by atoms with Crippen molar-refractivity contribution in [1.82, 2.24) is 5.32 Å². The van der Waals surface area contributed by atoms with Gasteiger partial charge in [0.15, 0.2) is 0 Å². The van der Waals surface area contributed by atoms with Crippen LogP contribution in [0.1, 0.15) is 34.1 Å². The van der Waals surface area contributed by atoms with E-state index in [2.05, 4.69) is 5.32 Å². The standard InChI is InChI=1S/C13H21NO4/c1-8-5-6-9(7-10(8)11(15)16)14-12(17)18-13(2,3)4/h5-6,8-10H,7H2,1-4H3,(H,14,17)(H,15,16)/t8-,9-,10-/m1/s1. The number of carbonyl (C=O) groups excluding carboxylic acids is 1. The fourth-order valence-corrected chi connectivity index (χ4v) is 1.90. The Hall–Kier alpha value is -1.52. The summed E-state index contributed by atoms with van der Waals surface area (Å²) < 4.78 is 5.13. The number of amides is 1. The quantitative estimate of drug-likeness (QED) is 0.741. The number of rotatable bonds is 2. The Bertz CT molecular complexity index is 356. The molecular formula is C13H21NO4. The van der Waals surface area contributed by atoms with Crippen molar-refractivity contribution in [2.75, 3.05) is 0 Å². The molecule has 0 spiro atoms. The van der Waals surface area contributed by atoms with Crippen molar-refractivity contribution in [3.8, 4) is 0 Å². The van der Waals surface area contributed by atoms with E-state index in [9.17, 15) is 9.59 Å². The Labute approximate surface area is 107 Å². The van der Waals surface area contributed by atoms with Gasteiger partial charge < -0.3 is 15.2 Å². The molecule has 1 aliphatic carbocycles. The average Bonchev–Trinajstić information content (AvgIpc) is 2.17. The number of ether oxygens (including phenoxy) is 1. The van der Waals surface area contributed by atoms with Crippen LogP contribution < -0.4 is 5.32 Å². The summed E-state index contributed by atoms with van der Waals surface area (Å²) in [5, 5.41) is 11.7. The molecule has 18 heavy (non-hydrogen) atoms. The summed E-state index contributed by atoms with van der Waals surface area (Å²) in [7, 11) is 0. The predicted molar refractivity (Wildman–Crippen MR) is 67.2 cm³/mol. The summed E-state index contributed by atoms with van der Waals surface area (Å²) in [5.74, 6) is -1.31. The molecule has 0 aliphatic heterocycles. The topological polar surface area (TPSA) is 75.6 Å². The van der Waals surface area contributed by atoms with Gasteiger partial charge >= 0.3 is 12.1 Å².